The summed E-state index contributed by atoms with van der Waals surface area (Å²) in [6.07, 6.45) is 3.20. The van der Waals surface area contributed by atoms with Gasteiger partial charge in [0.25, 0.3) is 5.91 Å². The van der Waals surface area contributed by atoms with Crippen molar-refractivity contribution in [3.8, 4) is 0 Å². The van der Waals surface area contributed by atoms with Crippen LogP contribution in [-0.2, 0) is 0 Å². The lowest BCUT2D eigenvalue weighted by Gasteiger charge is -2.38. The quantitative estimate of drug-likeness (QED) is 0.836. The van der Waals surface area contributed by atoms with Crippen molar-refractivity contribution in [2.45, 2.75) is 38.6 Å². The van der Waals surface area contributed by atoms with Gasteiger partial charge in [0.05, 0.1) is 0 Å². The van der Waals surface area contributed by atoms with E-state index >= 15 is 0 Å². The van der Waals surface area contributed by atoms with Gasteiger partial charge in [-0.15, -0.1) is 0 Å². The van der Waals surface area contributed by atoms with Crippen LogP contribution in [0.4, 0.5) is 0 Å². The van der Waals surface area contributed by atoms with Crippen LogP contribution in [0.5, 0.6) is 0 Å². The molecule has 17 heavy (non-hydrogen) atoms. The molecule has 0 heterocycles. The van der Waals surface area contributed by atoms with Gasteiger partial charge < -0.3 is 11.1 Å². The predicted molar refractivity (Wildman–Crippen MR) is 69.0 cm³/mol. The van der Waals surface area contributed by atoms with Crippen LogP contribution in [0.25, 0.3) is 0 Å². The van der Waals surface area contributed by atoms with Crippen LogP contribution in [0.1, 0.15) is 40.7 Å². The molecule has 1 amide bonds. The first kappa shape index (κ1) is 12.1. The van der Waals surface area contributed by atoms with Crippen molar-refractivity contribution in [3.05, 3.63) is 34.9 Å². The molecule has 1 fully saturated rings. The van der Waals surface area contributed by atoms with Crippen LogP contribution < -0.4 is 11.1 Å². The smallest absolute Gasteiger partial charge is 0.251 e. The number of benzene rings is 1. The number of hydrogen-bond acceptors (Lipinski definition) is 2. The fraction of sp³-hybridized carbons (Fsp3) is 0.500. The molecule has 0 bridgehead atoms. The molecule has 0 aliphatic heterocycles. The summed E-state index contributed by atoms with van der Waals surface area (Å²) in [4.78, 5) is 12.1. The summed E-state index contributed by atoms with van der Waals surface area (Å²) in [5.41, 5.74) is 8.75. The number of hydrogen-bond donors (Lipinski definition) is 2. The Morgan fingerprint density at radius 2 is 1.94 bits per heavy atom. The number of carbonyl (C=O) groups is 1. The van der Waals surface area contributed by atoms with E-state index < -0.39 is 0 Å². The summed E-state index contributed by atoms with van der Waals surface area (Å²) in [5.74, 6) is -0.00248. The Morgan fingerprint density at radius 1 is 1.35 bits per heavy atom. The van der Waals surface area contributed by atoms with Gasteiger partial charge >= 0.3 is 0 Å². The Bertz CT molecular complexity index is 416. The van der Waals surface area contributed by atoms with Crippen LogP contribution in [0.15, 0.2) is 18.2 Å². The summed E-state index contributed by atoms with van der Waals surface area (Å²) >= 11 is 0. The number of nitrogens with two attached hydrogens (primary N) is 1. The third-order valence-corrected chi connectivity index (χ3v) is 3.66. The number of aryl methyl sites for hydroxylation is 2. The van der Waals surface area contributed by atoms with Gasteiger partial charge in [-0.2, -0.15) is 0 Å². The van der Waals surface area contributed by atoms with Crippen molar-refractivity contribution in [2.75, 3.05) is 6.54 Å². The zero-order valence-corrected chi connectivity index (χ0v) is 10.5. The molecule has 3 heteroatoms. The second kappa shape index (κ2) is 4.49. The first-order chi connectivity index (χ1) is 8.02. The standard InChI is InChI=1S/C14H20N2O/c1-10-5-3-6-11(2)12(10)13(17)16-9-14(15)7-4-8-14/h3,5-6H,4,7-9,15H2,1-2H3,(H,16,17). The van der Waals surface area contributed by atoms with Gasteiger partial charge in [-0.3, -0.25) is 4.79 Å². The highest BCUT2D eigenvalue weighted by Gasteiger charge is 2.32. The van der Waals surface area contributed by atoms with Gasteiger partial charge in [0.15, 0.2) is 0 Å². The molecule has 1 saturated carbocycles. The average molecular weight is 232 g/mol. The summed E-state index contributed by atoms with van der Waals surface area (Å²) in [5, 5.41) is 2.96. The second-order valence-corrected chi connectivity index (χ2v) is 5.17. The normalized spacial score (nSPS) is 17.4. The minimum Gasteiger partial charge on any atom is -0.350 e. The molecular formula is C14H20N2O. The molecule has 2 rings (SSSR count). The van der Waals surface area contributed by atoms with Crippen molar-refractivity contribution in [1.82, 2.24) is 5.32 Å². The van der Waals surface area contributed by atoms with Crippen LogP contribution in [0.2, 0.25) is 0 Å². The highest BCUT2D eigenvalue weighted by molar-refractivity contribution is 5.97. The average Bonchev–Trinajstić information content (AvgIpc) is 2.23. The molecule has 0 radical (unpaired) electrons. The Morgan fingerprint density at radius 3 is 2.41 bits per heavy atom. The van der Waals surface area contributed by atoms with Crippen molar-refractivity contribution >= 4 is 5.91 Å². The Hall–Kier alpha value is -1.35. The van der Waals surface area contributed by atoms with E-state index in [4.69, 9.17) is 5.73 Å². The molecule has 1 aliphatic rings. The molecule has 1 aromatic rings. The van der Waals surface area contributed by atoms with E-state index in [1.54, 1.807) is 0 Å². The van der Waals surface area contributed by atoms with E-state index in [2.05, 4.69) is 5.32 Å². The molecule has 0 unspecified atom stereocenters. The number of carbonyl (C=O) groups excluding carboxylic acids is 1. The van der Waals surface area contributed by atoms with Gasteiger partial charge in [0.1, 0.15) is 0 Å². The van der Waals surface area contributed by atoms with Gasteiger partial charge in [0, 0.05) is 17.6 Å². The number of rotatable bonds is 3. The van der Waals surface area contributed by atoms with Crippen molar-refractivity contribution in [2.24, 2.45) is 5.73 Å². The van der Waals surface area contributed by atoms with Gasteiger partial charge in [-0.25, -0.2) is 0 Å². The van der Waals surface area contributed by atoms with Crippen LogP contribution in [-0.4, -0.2) is 18.0 Å². The minimum absolute atomic E-state index is 0.00248. The topological polar surface area (TPSA) is 55.1 Å². The molecule has 0 spiro atoms. The summed E-state index contributed by atoms with van der Waals surface area (Å²) in [6, 6.07) is 5.89. The van der Waals surface area contributed by atoms with E-state index in [1.165, 1.54) is 6.42 Å². The highest BCUT2D eigenvalue weighted by atomic mass is 16.1. The molecule has 3 nitrogen and oxygen atoms in total. The van der Waals surface area contributed by atoms with E-state index in [0.29, 0.717) is 6.54 Å². The summed E-state index contributed by atoms with van der Waals surface area (Å²) in [6.45, 7) is 4.51. The predicted octanol–water partition coefficient (Wildman–Crippen LogP) is 1.91. The second-order valence-electron chi connectivity index (χ2n) is 5.17. The fourth-order valence-electron chi connectivity index (χ4n) is 2.32. The maximum absolute atomic E-state index is 12.1. The molecule has 1 aliphatic carbocycles. The van der Waals surface area contributed by atoms with Gasteiger partial charge in [-0.05, 0) is 44.2 Å². The van der Waals surface area contributed by atoms with E-state index in [1.807, 2.05) is 32.0 Å². The summed E-state index contributed by atoms with van der Waals surface area (Å²) in [7, 11) is 0. The van der Waals surface area contributed by atoms with Crippen LogP contribution >= 0.6 is 0 Å². The fourth-order valence-corrected chi connectivity index (χ4v) is 2.32. The zero-order chi connectivity index (χ0) is 12.5. The molecule has 3 N–H and O–H groups in total. The monoisotopic (exact) mass is 232 g/mol. The van der Waals surface area contributed by atoms with Crippen LogP contribution in [0.3, 0.4) is 0 Å². The first-order valence-corrected chi connectivity index (χ1v) is 6.15. The van der Waals surface area contributed by atoms with Crippen molar-refractivity contribution in [1.29, 1.82) is 0 Å². The Kier molecular flexibility index (Phi) is 3.20. The lowest BCUT2D eigenvalue weighted by atomic mass is 9.78. The molecule has 0 atom stereocenters. The molecule has 0 aromatic heterocycles. The summed E-state index contributed by atoms with van der Waals surface area (Å²) < 4.78 is 0. The Labute approximate surface area is 102 Å². The van der Waals surface area contributed by atoms with Crippen LogP contribution in [0, 0.1) is 13.8 Å². The maximum Gasteiger partial charge on any atom is 0.251 e. The van der Waals surface area contributed by atoms with Gasteiger partial charge in [0.2, 0.25) is 0 Å². The third-order valence-electron chi connectivity index (χ3n) is 3.66. The lowest BCUT2D eigenvalue weighted by Crippen LogP contribution is -2.55. The minimum atomic E-state index is -0.160. The van der Waals surface area contributed by atoms with E-state index in [9.17, 15) is 4.79 Å². The van der Waals surface area contributed by atoms with E-state index in [-0.39, 0.29) is 11.4 Å². The SMILES string of the molecule is Cc1cccc(C)c1C(=O)NCC1(N)CCC1. The lowest BCUT2D eigenvalue weighted by molar-refractivity contribution is 0.0928. The number of amides is 1. The Balaban J connectivity index is 2.04. The molecule has 0 saturated heterocycles. The van der Waals surface area contributed by atoms with Gasteiger partial charge in [-0.1, -0.05) is 18.2 Å². The van der Waals surface area contributed by atoms with Crippen molar-refractivity contribution < 1.29 is 4.79 Å². The zero-order valence-electron chi connectivity index (χ0n) is 10.5. The highest BCUT2D eigenvalue weighted by Crippen LogP contribution is 2.28. The first-order valence-electron chi connectivity index (χ1n) is 6.15. The molecule has 92 valence electrons. The molecule has 1 aromatic carbocycles. The number of nitrogens with one attached hydrogen (secondary N) is 1. The largest absolute Gasteiger partial charge is 0.350 e. The molecular weight excluding hydrogens is 212 g/mol. The van der Waals surface area contributed by atoms with E-state index in [0.717, 1.165) is 29.5 Å². The maximum atomic E-state index is 12.1. The van der Waals surface area contributed by atoms with Crippen molar-refractivity contribution in [3.63, 3.8) is 0 Å². The third kappa shape index (κ3) is 2.50.